The van der Waals surface area contributed by atoms with Gasteiger partial charge in [0.15, 0.2) is 5.69 Å². The van der Waals surface area contributed by atoms with Crippen LogP contribution in [-0.4, -0.2) is 77.4 Å². The number of allylic oxidation sites excluding steroid dienone is 7. The molecule has 1 aliphatic heterocycles. The van der Waals surface area contributed by atoms with E-state index in [1.807, 2.05) is 32.1 Å². The summed E-state index contributed by atoms with van der Waals surface area (Å²) < 4.78 is 77.6. The van der Waals surface area contributed by atoms with Gasteiger partial charge in [-0.1, -0.05) is 48.6 Å². The summed E-state index contributed by atoms with van der Waals surface area (Å²) in [7, 11) is 1.60. The minimum Gasteiger partial charge on any atom is -0.381 e. The summed E-state index contributed by atoms with van der Waals surface area (Å²) in [4.78, 5) is 16.7. The van der Waals surface area contributed by atoms with Crippen LogP contribution in [0, 0.1) is 11.8 Å². The molecule has 0 bridgehead atoms. The Labute approximate surface area is 265 Å². The van der Waals surface area contributed by atoms with Gasteiger partial charge >= 0.3 is 12.4 Å². The maximum atomic E-state index is 13.5. The predicted octanol–water partition coefficient (Wildman–Crippen LogP) is 7.77. The molecule has 0 N–H and O–H groups in total. The van der Waals surface area contributed by atoms with Crippen LogP contribution in [0.1, 0.15) is 39.1 Å². The van der Waals surface area contributed by atoms with Gasteiger partial charge in [-0.05, 0) is 38.5 Å². The summed E-state index contributed by atoms with van der Waals surface area (Å²) >= 11 is 11.8. The van der Waals surface area contributed by atoms with Crippen molar-refractivity contribution in [3.8, 4) is 11.8 Å². The van der Waals surface area contributed by atoms with Gasteiger partial charge in [-0.25, -0.2) is 0 Å². The van der Waals surface area contributed by atoms with Gasteiger partial charge in [0.25, 0.3) is 0 Å². The van der Waals surface area contributed by atoms with E-state index in [1.54, 1.807) is 37.2 Å². The molecule has 0 saturated carbocycles. The van der Waals surface area contributed by atoms with E-state index in [0.29, 0.717) is 44.2 Å². The van der Waals surface area contributed by atoms with Gasteiger partial charge in [-0.15, -0.1) is 23.4 Å². The van der Waals surface area contributed by atoms with E-state index in [-0.39, 0.29) is 25.1 Å². The topological polar surface area (TPSA) is 50.6 Å². The van der Waals surface area contributed by atoms with Crippen LogP contribution in [0.2, 0.25) is 5.02 Å². The fourth-order valence-electron chi connectivity index (χ4n) is 3.55. The molecular weight excluding hydrogens is 633 g/mol. The van der Waals surface area contributed by atoms with Crippen LogP contribution in [0.25, 0.3) is 5.57 Å². The molecule has 1 aliphatic rings. The van der Waals surface area contributed by atoms with Crippen LogP contribution >= 0.6 is 23.2 Å². The van der Waals surface area contributed by atoms with Gasteiger partial charge < -0.3 is 14.5 Å². The molecule has 1 amide bonds. The lowest BCUT2D eigenvalue weighted by Crippen LogP contribution is -2.49. The zero-order valence-electron chi connectivity index (χ0n) is 25.3. The number of alkyl halides is 7. The van der Waals surface area contributed by atoms with Gasteiger partial charge in [0, 0.05) is 51.8 Å². The molecule has 0 aliphatic carbocycles. The number of methoxy groups -OCH3 is 1. The van der Waals surface area contributed by atoms with Crippen LogP contribution in [-0.2, 0) is 22.3 Å². The van der Waals surface area contributed by atoms with Crippen LogP contribution in [0.3, 0.4) is 0 Å². The third-order valence-corrected chi connectivity index (χ3v) is 6.04. The Bertz CT molecular complexity index is 1220. The van der Waals surface area contributed by atoms with Crippen molar-refractivity contribution >= 4 is 34.7 Å². The Kier molecular flexibility index (Phi) is 19.3. The largest absolute Gasteiger partial charge is 0.436 e. The molecule has 0 unspecified atom stereocenters. The molecule has 1 aromatic heterocycles. The first-order valence-corrected chi connectivity index (χ1v) is 14.1. The minimum absolute atomic E-state index is 0.0516. The molecule has 0 spiro atoms. The first kappa shape index (κ1) is 40.9. The van der Waals surface area contributed by atoms with E-state index in [0.717, 1.165) is 10.4 Å². The van der Waals surface area contributed by atoms with Crippen LogP contribution < -0.4 is 0 Å². The van der Waals surface area contributed by atoms with Crippen molar-refractivity contribution in [1.29, 1.82) is 0 Å². The number of carbonyl (C=O) groups is 1. The van der Waals surface area contributed by atoms with Gasteiger partial charge in [0.2, 0.25) is 5.91 Å². The number of aromatic nitrogens is 2. The molecule has 1 aromatic rings. The van der Waals surface area contributed by atoms with E-state index in [2.05, 4.69) is 28.4 Å². The quantitative estimate of drug-likeness (QED) is 0.110. The zero-order chi connectivity index (χ0) is 33.9. The summed E-state index contributed by atoms with van der Waals surface area (Å²) in [6.07, 6.45) is 3.28. The summed E-state index contributed by atoms with van der Waals surface area (Å²) in [5.74, 6) is 5.39. The highest BCUT2D eigenvalue weighted by atomic mass is 35.5. The SMILES string of the molecule is C=C/C=C\C=C(/C)c1c(Cl)c(C(F)(F)F)nn1CC(=O)N1CCN(C(/C=C\CCl)=C/COC)CC1.CC#CC.CC(F)(F)F. The third-order valence-electron chi connectivity index (χ3n) is 5.50. The first-order valence-electron chi connectivity index (χ1n) is 13.2. The van der Waals surface area contributed by atoms with Crippen molar-refractivity contribution in [1.82, 2.24) is 19.6 Å². The molecule has 44 heavy (non-hydrogen) atoms. The lowest BCUT2D eigenvalue weighted by atomic mass is 10.1. The summed E-state index contributed by atoms with van der Waals surface area (Å²) in [6, 6.07) is 0. The first-order chi connectivity index (χ1) is 20.5. The van der Waals surface area contributed by atoms with E-state index in [9.17, 15) is 31.1 Å². The van der Waals surface area contributed by atoms with Crippen molar-refractivity contribution in [3.05, 3.63) is 71.2 Å². The molecule has 6 nitrogen and oxygen atoms in total. The Morgan fingerprint density at radius 2 is 1.61 bits per heavy atom. The molecule has 14 heteroatoms. The van der Waals surface area contributed by atoms with Gasteiger partial charge in [0.05, 0.1) is 17.3 Å². The Morgan fingerprint density at radius 1 is 1.07 bits per heavy atom. The van der Waals surface area contributed by atoms with Crippen LogP contribution in [0.4, 0.5) is 26.3 Å². The van der Waals surface area contributed by atoms with Gasteiger partial charge in [0.1, 0.15) is 6.54 Å². The fraction of sp³-hybridized carbons (Fsp3) is 0.467. The van der Waals surface area contributed by atoms with Crippen molar-refractivity contribution in [2.45, 2.75) is 46.6 Å². The molecule has 2 rings (SSSR count). The second kappa shape index (κ2) is 20.7. The molecule has 0 aromatic carbocycles. The summed E-state index contributed by atoms with van der Waals surface area (Å²) in [5.41, 5.74) is 0.207. The number of hydrogen-bond donors (Lipinski definition) is 0. The highest BCUT2D eigenvalue weighted by Gasteiger charge is 2.39. The Balaban J connectivity index is 0.00000180. The number of amides is 1. The van der Waals surface area contributed by atoms with Crippen LogP contribution in [0.5, 0.6) is 0 Å². The second-order valence-corrected chi connectivity index (χ2v) is 9.61. The molecule has 246 valence electrons. The maximum Gasteiger partial charge on any atom is 0.436 e. The van der Waals surface area contributed by atoms with Crippen LogP contribution in [0.15, 0.2) is 54.8 Å². The monoisotopic (exact) mass is 670 g/mol. The van der Waals surface area contributed by atoms with Crippen molar-refractivity contribution in [2.24, 2.45) is 0 Å². The number of carbonyl (C=O) groups excluding carboxylic acids is 1. The maximum absolute atomic E-state index is 13.5. The molecule has 1 saturated heterocycles. The minimum atomic E-state index is -4.75. The second-order valence-electron chi connectivity index (χ2n) is 8.93. The van der Waals surface area contributed by atoms with Crippen molar-refractivity contribution < 1.29 is 35.9 Å². The molecule has 0 atom stereocenters. The zero-order valence-corrected chi connectivity index (χ0v) is 26.8. The van der Waals surface area contributed by atoms with E-state index < -0.39 is 23.1 Å². The average Bonchev–Trinajstić information content (AvgIpc) is 3.28. The molecule has 0 radical (unpaired) electrons. The lowest BCUT2D eigenvalue weighted by Gasteiger charge is -2.36. The van der Waals surface area contributed by atoms with Gasteiger partial charge in [-0.2, -0.15) is 31.4 Å². The molecular formula is C30H38Cl2F6N4O2. The fourth-order valence-corrected chi connectivity index (χ4v) is 4.03. The van der Waals surface area contributed by atoms with E-state index in [1.165, 1.54) is 6.08 Å². The standard InChI is InChI=1S/C24H29Cl2F3N4O2.C4H6.C2H3F3/c1-4-5-6-8-18(2)22-21(26)23(24(27,28)29)30-33(22)17-20(34)32-14-12-31(13-15-32)19(9-7-11-25)10-16-35-3;1-3-4-2;1-2(3,4)5/h4-10H,1,11-17H2,2-3H3;1-2H3;1H3/b6-5-,9-7-,18-8+,19-10+;;. The smallest absolute Gasteiger partial charge is 0.381 e. The van der Waals surface area contributed by atoms with Gasteiger partial charge in [-0.3, -0.25) is 9.48 Å². The number of piperazine rings is 1. The number of halogens is 8. The normalized spacial score (nSPS) is 14.5. The molecule has 2 heterocycles. The number of rotatable bonds is 10. The average molecular weight is 672 g/mol. The Hall–Kier alpha value is -3.14. The highest BCUT2D eigenvalue weighted by molar-refractivity contribution is 6.33. The number of hydrogen-bond acceptors (Lipinski definition) is 4. The predicted molar refractivity (Wildman–Crippen MR) is 164 cm³/mol. The lowest BCUT2D eigenvalue weighted by molar-refractivity contribution is -0.142. The van der Waals surface area contributed by atoms with E-state index >= 15 is 0 Å². The third kappa shape index (κ3) is 16.1. The summed E-state index contributed by atoms with van der Waals surface area (Å²) in [5, 5.41) is 3.12. The van der Waals surface area contributed by atoms with Crippen molar-refractivity contribution in [3.63, 3.8) is 0 Å². The van der Waals surface area contributed by atoms with Crippen molar-refractivity contribution in [2.75, 3.05) is 45.8 Å². The highest BCUT2D eigenvalue weighted by Crippen LogP contribution is 2.38. The summed E-state index contributed by atoms with van der Waals surface area (Å²) in [6.45, 7) is 11.0. The van der Waals surface area contributed by atoms with E-state index in [4.69, 9.17) is 27.9 Å². The Morgan fingerprint density at radius 3 is 2.07 bits per heavy atom. The number of nitrogens with zero attached hydrogens (tertiary/aromatic N) is 4. The number of ether oxygens (including phenoxy) is 1. The molecule has 1 fully saturated rings.